The predicted octanol–water partition coefficient (Wildman–Crippen LogP) is 2.20. The molecule has 0 spiro atoms. The first kappa shape index (κ1) is 24.3. The van der Waals surface area contributed by atoms with Gasteiger partial charge in [0.1, 0.15) is 12.6 Å². The van der Waals surface area contributed by atoms with E-state index in [1.807, 2.05) is 19.1 Å². The van der Waals surface area contributed by atoms with Crippen molar-refractivity contribution in [1.29, 1.82) is 0 Å². The zero-order valence-corrected chi connectivity index (χ0v) is 18.5. The molecule has 2 aromatic rings. The summed E-state index contributed by atoms with van der Waals surface area (Å²) in [5, 5.41) is 2.47. The number of nitrogens with zero attached hydrogens (tertiary/aromatic N) is 2. The second kappa shape index (κ2) is 9.86. The van der Waals surface area contributed by atoms with Gasteiger partial charge in [0.25, 0.3) is 0 Å². The Bertz CT molecular complexity index is 1080. The molecule has 1 unspecified atom stereocenters. The number of amides is 2. The van der Waals surface area contributed by atoms with Gasteiger partial charge in [-0.1, -0.05) is 24.3 Å². The lowest BCUT2D eigenvalue weighted by Gasteiger charge is -2.31. The molecular weight excluding hydrogens is 428 g/mol. The molecule has 0 saturated carbocycles. The third-order valence-corrected chi connectivity index (χ3v) is 6.03. The molecule has 1 N–H and O–H groups in total. The Morgan fingerprint density at radius 2 is 1.74 bits per heavy atom. The molecule has 0 bridgehead atoms. The van der Waals surface area contributed by atoms with Gasteiger partial charge in [0.15, 0.2) is 11.6 Å². The maximum Gasteiger partial charge on any atom is 0.244 e. The number of carbonyl (C=O) groups excluding carboxylic acids is 2. The SMILES string of the molecule is CNC(=O)C(C)N(Cc1ccccc1C)C(=O)CN(c1ccc(F)c(F)c1)S(C)(=O)=O. The highest BCUT2D eigenvalue weighted by atomic mass is 32.2. The molecule has 0 radical (unpaired) electrons. The summed E-state index contributed by atoms with van der Waals surface area (Å²) in [4.78, 5) is 26.7. The molecule has 2 amide bonds. The van der Waals surface area contributed by atoms with E-state index in [0.717, 1.165) is 29.5 Å². The number of sulfonamides is 1. The lowest BCUT2D eigenvalue weighted by molar-refractivity contribution is -0.139. The highest BCUT2D eigenvalue weighted by Crippen LogP contribution is 2.22. The molecule has 0 aliphatic rings. The Labute approximate surface area is 180 Å². The minimum atomic E-state index is -4.01. The Morgan fingerprint density at radius 1 is 1.10 bits per heavy atom. The zero-order chi connectivity index (χ0) is 23.3. The number of rotatable bonds is 8. The summed E-state index contributed by atoms with van der Waals surface area (Å²) in [6, 6.07) is 8.94. The molecule has 7 nitrogen and oxygen atoms in total. The molecule has 1 atom stereocenters. The van der Waals surface area contributed by atoms with Gasteiger partial charge in [0, 0.05) is 19.7 Å². The van der Waals surface area contributed by atoms with Gasteiger partial charge in [0.2, 0.25) is 21.8 Å². The molecule has 31 heavy (non-hydrogen) atoms. The fourth-order valence-corrected chi connectivity index (χ4v) is 3.86. The number of likely N-dealkylation sites (N-methyl/N-ethyl adjacent to an activating group) is 1. The third-order valence-electron chi connectivity index (χ3n) is 4.89. The van der Waals surface area contributed by atoms with E-state index < -0.39 is 46.1 Å². The average molecular weight is 454 g/mol. The van der Waals surface area contributed by atoms with Crippen LogP contribution in [0.25, 0.3) is 0 Å². The minimum absolute atomic E-state index is 0.0650. The monoisotopic (exact) mass is 453 g/mol. The van der Waals surface area contributed by atoms with Gasteiger partial charge in [-0.3, -0.25) is 13.9 Å². The van der Waals surface area contributed by atoms with Gasteiger partial charge < -0.3 is 10.2 Å². The van der Waals surface area contributed by atoms with E-state index in [4.69, 9.17) is 0 Å². The van der Waals surface area contributed by atoms with Crippen LogP contribution in [0.15, 0.2) is 42.5 Å². The molecule has 10 heteroatoms. The van der Waals surface area contributed by atoms with Crippen LogP contribution in [0, 0.1) is 18.6 Å². The fourth-order valence-electron chi connectivity index (χ4n) is 3.02. The molecule has 168 valence electrons. The number of nitrogens with one attached hydrogen (secondary N) is 1. The van der Waals surface area contributed by atoms with E-state index in [1.54, 1.807) is 12.1 Å². The maximum atomic E-state index is 13.7. The second-order valence-corrected chi connectivity index (χ2v) is 9.01. The summed E-state index contributed by atoms with van der Waals surface area (Å²) < 4.78 is 52.3. The number of anilines is 1. The highest BCUT2D eigenvalue weighted by Gasteiger charge is 2.30. The standard InChI is InChI=1S/C21H25F2N3O4S/c1-14-7-5-6-8-16(14)12-25(15(2)21(28)24-3)20(27)13-26(31(4,29)30)17-9-10-18(22)19(23)11-17/h5-11,15H,12-13H2,1-4H3,(H,24,28). The number of hydrogen-bond acceptors (Lipinski definition) is 4. The molecule has 2 aromatic carbocycles. The van der Waals surface area contributed by atoms with Crippen molar-refractivity contribution < 1.29 is 26.8 Å². The van der Waals surface area contributed by atoms with Crippen LogP contribution in [0.5, 0.6) is 0 Å². The van der Waals surface area contributed by atoms with Gasteiger partial charge >= 0.3 is 0 Å². The molecule has 0 aliphatic heterocycles. The molecule has 2 rings (SSSR count). The fraction of sp³-hybridized carbons (Fsp3) is 0.333. The van der Waals surface area contributed by atoms with E-state index in [-0.39, 0.29) is 12.2 Å². The van der Waals surface area contributed by atoms with Gasteiger partial charge in [-0.25, -0.2) is 17.2 Å². The minimum Gasteiger partial charge on any atom is -0.357 e. The van der Waals surface area contributed by atoms with Crippen molar-refractivity contribution in [3.63, 3.8) is 0 Å². The topological polar surface area (TPSA) is 86.8 Å². The van der Waals surface area contributed by atoms with Crippen molar-refractivity contribution in [2.24, 2.45) is 0 Å². The maximum absolute atomic E-state index is 13.7. The van der Waals surface area contributed by atoms with Crippen LogP contribution in [0.4, 0.5) is 14.5 Å². The van der Waals surface area contributed by atoms with Crippen LogP contribution in [0.3, 0.4) is 0 Å². The van der Waals surface area contributed by atoms with Gasteiger partial charge in [-0.2, -0.15) is 0 Å². The van der Waals surface area contributed by atoms with E-state index in [0.29, 0.717) is 10.4 Å². The van der Waals surface area contributed by atoms with Gasteiger partial charge in [-0.15, -0.1) is 0 Å². The smallest absolute Gasteiger partial charge is 0.244 e. The largest absolute Gasteiger partial charge is 0.357 e. The Balaban J connectivity index is 2.42. The van der Waals surface area contributed by atoms with Crippen molar-refractivity contribution >= 4 is 27.5 Å². The zero-order valence-electron chi connectivity index (χ0n) is 17.7. The molecule has 0 saturated heterocycles. The number of hydrogen-bond donors (Lipinski definition) is 1. The van der Waals surface area contributed by atoms with Crippen LogP contribution in [-0.4, -0.2) is 51.0 Å². The van der Waals surface area contributed by atoms with Crippen LogP contribution >= 0.6 is 0 Å². The van der Waals surface area contributed by atoms with Crippen LogP contribution in [-0.2, 0) is 26.2 Å². The van der Waals surface area contributed by atoms with E-state index >= 15 is 0 Å². The summed E-state index contributed by atoms with van der Waals surface area (Å²) >= 11 is 0. The van der Waals surface area contributed by atoms with E-state index in [1.165, 1.54) is 18.9 Å². The first-order valence-corrected chi connectivity index (χ1v) is 11.3. The second-order valence-electron chi connectivity index (χ2n) is 7.11. The van der Waals surface area contributed by atoms with Gasteiger partial charge in [0.05, 0.1) is 11.9 Å². The first-order valence-electron chi connectivity index (χ1n) is 9.44. The number of halogens is 2. The number of benzene rings is 2. The van der Waals surface area contributed by atoms with E-state index in [9.17, 15) is 26.8 Å². The van der Waals surface area contributed by atoms with Crippen molar-refractivity contribution in [2.75, 3.05) is 24.2 Å². The average Bonchev–Trinajstić information content (AvgIpc) is 2.71. The molecule has 0 fully saturated rings. The summed E-state index contributed by atoms with van der Waals surface area (Å²) in [7, 11) is -2.58. The third kappa shape index (κ3) is 6.00. The normalized spacial score (nSPS) is 12.2. The Hall–Kier alpha value is -3.01. The van der Waals surface area contributed by atoms with E-state index in [2.05, 4.69) is 5.32 Å². The van der Waals surface area contributed by atoms with Crippen molar-refractivity contribution in [3.05, 3.63) is 65.2 Å². The lowest BCUT2D eigenvalue weighted by Crippen LogP contribution is -2.50. The van der Waals surface area contributed by atoms with Crippen LogP contribution in [0.2, 0.25) is 0 Å². The molecule has 0 aliphatic carbocycles. The molecule has 0 heterocycles. The van der Waals surface area contributed by atoms with Gasteiger partial charge in [-0.05, 0) is 37.1 Å². The predicted molar refractivity (Wildman–Crippen MR) is 114 cm³/mol. The first-order chi connectivity index (χ1) is 14.5. The summed E-state index contributed by atoms with van der Waals surface area (Å²) in [5.41, 5.74) is 1.48. The van der Waals surface area contributed by atoms with Crippen molar-refractivity contribution in [3.8, 4) is 0 Å². The summed E-state index contributed by atoms with van der Waals surface area (Å²) in [5.74, 6) is -3.48. The highest BCUT2D eigenvalue weighted by molar-refractivity contribution is 7.92. The Kier molecular flexibility index (Phi) is 7.72. The van der Waals surface area contributed by atoms with Crippen molar-refractivity contribution in [2.45, 2.75) is 26.4 Å². The molecule has 0 aromatic heterocycles. The van der Waals surface area contributed by atoms with Crippen molar-refractivity contribution in [1.82, 2.24) is 10.2 Å². The summed E-state index contributed by atoms with van der Waals surface area (Å²) in [6.45, 7) is 2.76. The quantitative estimate of drug-likeness (QED) is 0.664. The summed E-state index contributed by atoms with van der Waals surface area (Å²) in [6.07, 6.45) is 0.857. The molecular formula is C21H25F2N3O4S. The lowest BCUT2D eigenvalue weighted by atomic mass is 10.1. The Morgan fingerprint density at radius 3 is 2.29 bits per heavy atom. The van der Waals surface area contributed by atoms with Crippen LogP contribution < -0.4 is 9.62 Å². The number of aryl methyl sites for hydroxylation is 1. The number of carbonyl (C=O) groups is 2. The van der Waals surface area contributed by atoms with Crippen LogP contribution in [0.1, 0.15) is 18.1 Å².